The number of hydrogen-bond acceptors (Lipinski definition) is 4. The lowest BCUT2D eigenvalue weighted by Crippen LogP contribution is -2.31. The van der Waals surface area contributed by atoms with Crippen LogP contribution < -0.4 is 4.74 Å². The third-order valence-electron chi connectivity index (χ3n) is 5.21. The molecule has 0 radical (unpaired) electrons. The maximum Gasteiger partial charge on any atom is 0.119 e. The van der Waals surface area contributed by atoms with Crippen LogP contribution in [0.3, 0.4) is 0 Å². The fourth-order valence-corrected chi connectivity index (χ4v) is 3.66. The van der Waals surface area contributed by atoms with Crippen LogP contribution in [0.25, 0.3) is 11.3 Å². The maximum atomic E-state index is 5.90. The van der Waals surface area contributed by atoms with Gasteiger partial charge >= 0.3 is 0 Å². The Hall–Kier alpha value is -2.66. The smallest absolute Gasteiger partial charge is 0.119 e. The van der Waals surface area contributed by atoms with Gasteiger partial charge in [-0.05, 0) is 50.0 Å². The summed E-state index contributed by atoms with van der Waals surface area (Å²) in [5.41, 5.74) is 3.17. The zero-order valence-corrected chi connectivity index (χ0v) is 16.3. The molecule has 0 spiro atoms. The Balaban J connectivity index is 1.24. The highest BCUT2D eigenvalue weighted by Crippen LogP contribution is 2.17. The van der Waals surface area contributed by atoms with Crippen LogP contribution in [-0.2, 0) is 6.54 Å². The van der Waals surface area contributed by atoms with Gasteiger partial charge in [0.15, 0.2) is 0 Å². The molecule has 1 fully saturated rings. The third kappa shape index (κ3) is 5.20. The molecule has 28 heavy (non-hydrogen) atoms. The zero-order valence-electron chi connectivity index (χ0n) is 16.3. The van der Waals surface area contributed by atoms with Crippen LogP contribution in [0.5, 0.6) is 5.75 Å². The summed E-state index contributed by atoms with van der Waals surface area (Å²) >= 11 is 0. The van der Waals surface area contributed by atoms with Crippen molar-refractivity contribution < 1.29 is 4.74 Å². The monoisotopic (exact) mass is 376 g/mol. The number of hydrogen-bond donors (Lipinski definition) is 0. The Bertz CT molecular complexity index is 839. The van der Waals surface area contributed by atoms with E-state index in [4.69, 9.17) is 4.74 Å². The van der Waals surface area contributed by atoms with E-state index in [2.05, 4.69) is 27.3 Å². The molecule has 0 bridgehead atoms. The Labute approximate surface area is 166 Å². The Kier molecular flexibility index (Phi) is 6.35. The highest BCUT2D eigenvalue weighted by atomic mass is 16.5. The van der Waals surface area contributed by atoms with Gasteiger partial charge in [-0.15, -0.1) is 5.10 Å². The molecular formula is C23H28N4O. The van der Waals surface area contributed by atoms with Gasteiger partial charge in [-0.3, -0.25) is 0 Å². The molecule has 0 atom stereocenters. The van der Waals surface area contributed by atoms with Crippen LogP contribution in [-0.4, -0.2) is 46.1 Å². The molecule has 2 aromatic carbocycles. The number of benzene rings is 2. The largest absolute Gasteiger partial charge is 0.494 e. The van der Waals surface area contributed by atoms with Gasteiger partial charge in [0.25, 0.3) is 0 Å². The molecule has 0 amide bonds. The molecule has 0 unspecified atom stereocenters. The van der Waals surface area contributed by atoms with Crippen molar-refractivity contribution in [2.24, 2.45) is 0 Å². The number of ether oxygens (including phenoxy) is 1. The summed E-state index contributed by atoms with van der Waals surface area (Å²) < 4.78 is 7.77. The molecular weight excluding hydrogens is 348 g/mol. The van der Waals surface area contributed by atoms with Gasteiger partial charge in [-0.1, -0.05) is 54.1 Å². The molecule has 2 heterocycles. The van der Waals surface area contributed by atoms with E-state index in [1.807, 2.05) is 53.3 Å². The van der Waals surface area contributed by atoms with Gasteiger partial charge in [0.05, 0.1) is 19.3 Å². The quantitative estimate of drug-likeness (QED) is 0.551. The normalized spacial score (nSPS) is 14.9. The second-order valence-corrected chi connectivity index (χ2v) is 7.42. The topological polar surface area (TPSA) is 43.2 Å². The second-order valence-electron chi connectivity index (χ2n) is 7.42. The van der Waals surface area contributed by atoms with E-state index in [9.17, 15) is 0 Å². The molecule has 1 aromatic heterocycles. The van der Waals surface area contributed by atoms with E-state index in [-0.39, 0.29) is 0 Å². The second kappa shape index (κ2) is 9.51. The fourth-order valence-electron chi connectivity index (χ4n) is 3.66. The molecule has 1 aliphatic heterocycles. The number of rotatable bonds is 8. The lowest BCUT2D eigenvalue weighted by Gasteiger charge is -2.26. The van der Waals surface area contributed by atoms with Crippen LogP contribution in [0.15, 0.2) is 60.8 Å². The molecule has 0 N–H and O–H groups in total. The lowest BCUT2D eigenvalue weighted by atomic mass is 10.1. The Morgan fingerprint density at radius 2 is 1.68 bits per heavy atom. The van der Waals surface area contributed by atoms with Crippen molar-refractivity contribution in [1.82, 2.24) is 19.9 Å². The molecule has 146 valence electrons. The molecule has 0 saturated carbocycles. The summed E-state index contributed by atoms with van der Waals surface area (Å²) in [4.78, 5) is 2.55. The third-order valence-corrected chi connectivity index (χ3v) is 5.21. The van der Waals surface area contributed by atoms with Crippen LogP contribution in [0.4, 0.5) is 0 Å². The SMILES string of the molecule is c1ccc(-c2cn(Cc3ccc(OCCCN4CCCCC4)cc3)nn2)cc1. The predicted octanol–water partition coefficient (Wildman–Crippen LogP) is 4.25. The minimum atomic E-state index is 0.703. The summed E-state index contributed by atoms with van der Waals surface area (Å²) in [6.45, 7) is 5.13. The lowest BCUT2D eigenvalue weighted by molar-refractivity contribution is 0.205. The summed E-state index contributed by atoms with van der Waals surface area (Å²) in [6.07, 6.45) is 7.16. The van der Waals surface area contributed by atoms with Crippen molar-refractivity contribution in [3.05, 3.63) is 66.4 Å². The van der Waals surface area contributed by atoms with E-state index in [1.54, 1.807) is 0 Å². The molecule has 1 saturated heterocycles. The average Bonchev–Trinajstić information content (AvgIpc) is 3.22. The predicted molar refractivity (Wildman–Crippen MR) is 111 cm³/mol. The van der Waals surface area contributed by atoms with Gasteiger partial charge in [0.1, 0.15) is 11.4 Å². The number of piperidine rings is 1. The molecule has 1 aliphatic rings. The van der Waals surface area contributed by atoms with E-state index in [1.165, 1.54) is 37.9 Å². The summed E-state index contributed by atoms with van der Waals surface area (Å²) in [5, 5.41) is 8.52. The van der Waals surface area contributed by atoms with Gasteiger partial charge < -0.3 is 9.64 Å². The van der Waals surface area contributed by atoms with Crippen LogP contribution >= 0.6 is 0 Å². The van der Waals surface area contributed by atoms with Crippen molar-refractivity contribution >= 4 is 0 Å². The number of nitrogens with zero attached hydrogens (tertiary/aromatic N) is 4. The van der Waals surface area contributed by atoms with Crippen molar-refractivity contribution in [3.8, 4) is 17.0 Å². The number of aromatic nitrogens is 3. The van der Waals surface area contributed by atoms with E-state index in [0.717, 1.165) is 36.6 Å². The first-order valence-electron chi connectivity index (χ1n) is 10.3. The fraction of sp³-hybridized carbons (Fsp3) is 0.391. The van der Waals surface area contributed by atoms with Crippen molar-refractivity contribution in [1.29, 1.82) is 0 Å². The van der Waals surface area contributed by atoms with E-state index < -0.39 is 0 Å². The minimum absolute atomic E-state index is 0.703. The van der Waals surface area contributed by atoms with Crippen LogP contribution in [0.1, 0.15) is 31.2 Å². The maximum absolute atomic E-state index is 5.90. The van der Waals surface area contributed by atoms with Gasteiger partial charge in [-0.25, -0.2) is 4.68 Å². The van der Waals surface area contributed by atoms with E-state index >= 15 is 0 Å². The van der Waals surface area contributed by atoms with Gasteiger partial charge in [-0.2, -0.15) is 0 Å². The van der Waals surface area contributed by atoms with Gasteiger partial charge in [0, 0.05) is 12.1 Å². The molecule has 3 aromatic rings. The summed E-state index contributed by atoms with van der Waals surface area (Å²) in [7, 11) is 0. The van der Waals surface area contributed by atoms with Crippen molar-refractivity contribution in [2.45, 2.75) is 32.2 Å². The average molecular weight is 377 g/mol. The van der Waals surface area contributed by atoms with Crippen LogP contribution in [0, 0.1) is 0 Å². The molecule has 5 heteroatoms. The number of likely N-dealkylation sites (tertiary alicyclic amines) is 1. The van der Waals surface area contributed by atoms with Crippen molar-refractivity contribution in [3.63, 3.8) is 0 Å². The van der Waals surface area contributed by atoms with E-state index in [0.29, 0.717) is 6.54 Å². The molecule has 0 aliphatic carbocycles. The molecule has 4 rings (SSSR count). The van der Waals surface area contributed by atoms with Crippen molar-refractivity contribution in [2.75, 3.05) is 26.2 Å². The first kappa shape index (κ1) is 18.7. The summed E-state index contributed by atoms with van der Waals surface area (Å²) in [6, 6.07) is 18.4. The highest BCUT2D eigenvalue weighted by Gasteiger charge is 2.09. The molecule has 5 nitrogen and oxygen atoms in total. The Morgan fingerprint density at radius 1 is 0.893 bits per heavy atom. The zero-order chi connectivity index (χ0) is 19.0. The van der Waals surface area contributed by atoms with Crippen LogP contribution in [0.2, 0.25) is 0 Å². The minimum Gasteiger partial charge on any atom is -0.494 e. The standard InChI is InChI=1S/C23H28N4O/c1-3-8-21(9-4-1)23-19-27(25-24-23)18-20-10-12-22(13-11-20)28-17-7-16-26-14-5-2-6-15-26/h1,3-4,8-13,19H,2,5-7,14-18H2. The van der Waals surface area contributed by atoms with Gasteiger partial charge in [0.2, 0.25) is 0 Å². The first-order valence-corrected chi connectivity index (χ1v) is 10.3. The summed E-state index contributed by atoms with van der Waals surface area (Å²) in [5.74, 6) is 0.936. The Morgan fingerprint density at radius 3 is 2.46 bits per heavy atom. The first-order chi connectivity index (χ1) is 13.9. The highest BCUT2D eigenvalue weighted by molar-refractivity contribution is 5.57.